The number of benzene rings is 2. The van der Waals surface area contributed by atoms with Crippen molar-refractivity contribution < 1.29 is 24.2 Å². The number of aliphatic carboxylic acids is 1. The molecule has 1 atom stereocenters. The Labute approximate surface area is 193 Å². The number of nitrogens with one attached hydrogen (secondary N) is 1. The molecule has 0 aliphatic heterocycles. The topological polar surface area (TPSA) is 97.6 Å². The second kappa shape index (κ2) is 10.6. The first-order valence-electron chi connectivity index (χ1n) is 10.8. The molecule has 1 aromatic heterocycles. The summed E-state index contributed by atoms with van der Waals surface area (Å²) in [5.41, 5.74) is 2.61. The van der Waals surface area contributed by atoms with Crippen LogP contribution in [0.25, 0.3) is 0 Å². The van der Waals surface area contributed by atoms with Crippen molar-refractivity contribution in [1.29, 1.82) is 0 Å². The molecule has 0 aliphatic carbocycles. The number of carboxylic acids is 1. The summed E-state index contributed by atoms with van der Waals surface area (Å²) in [5, 5.41) is 11.8. The average Bonchev–Trinajstić information content (AvgIpc) is 3.25. The van der Waals surface area contributed by atoms with Crippen LogP contribution in [0.15, 0.2) is 66.9 Å². The predicted molar refractivity (Wildman–Crippen MR) is 125 cm³/mol. The summed E-state index contributed by atoms with van der Waals surface area (Å²) in [7, 11) is 0. The van der Waals surface area contributed by atoms with Gasteiger partial charge in [0.2, 0.25) is 5.78 Å². The maximum Gasteiger partial charge on any atom is 0.326 e. The van der Waals surface area contributed by atoms with Crippen LogP contribution in [0, 0.1) is 12.8 Å². The number of nitrogens with zero attached hydrogens (tertiary/aromatic N) is 1. The molecular weight excluding hydrogens is 420 g/mol. The number of aryl methyl sites for hydroxylation is 1. The largest absolute Gasteiger partial charge is 0.492 e. The van der Waals surface area contributed by atoms with Crippen molar-refractivity contribution in [2.24, 2.45) is 5.92 Å². The van der Waals surface area contributed by atoms with Gasteiger partial charge in [0.05, 0.1) is 12.2 Å². The Morgan fingerprint density at radius 3 is 2.39 bits per heavy atom. The van der Waals surface area contributed by atoms with Gasteiger partial charge >= 0.3 is 5.97 Å². The van der Waals surface area contributed by atoms with E-state index in [1.165, 1.54) is 0 Å². The Bertz CT molecular complexity index is 1130. The van der Waals surface area contributed by atoms with Gasteiger partial charge in [0, 0.05) is 17.3 Å². The van der Waals surface area contributed by atoms with Gasteiger partial charge in [-0.05, 0) is 43.2 Å². The van der Waals surface area contributed by atoms with E-state index in [1.54, 1.807) is 44.2 Å². The van der Waals surface area contributed by atoms with Gasteiger partial charge in [-0.1, -0.05) is 49.7 Å². The average molecular weight is 449 g/mol. The highest BCUT2D eigenvalue weighted by Crippen LogP contribution is 2.16. The van der Waals surface area contributed by atoms with Crippen molar-refractivity contribution in [3.05, 3.63) is 89.2 Å². The number of hydrogen-bond donors (Lipinski definition) is 2. The lowest BCUT2D eigenvalue weighted by atomic mass is 10.0. The molecule has 1 heterocycles. The molecule has 0 bridgehead atoms. The predicted octanol–water partition coefficient (Wildman–Crippen LogP) is 3.95. The van der Waals surface area contributed by atoms with Crippen LogP contribution in [0.5, 0.6) is 5.75 Å². The van der Waals surface area contributed by atoms with Gasteiger partial charge < -0.3 is 19.7 Å². The summed E-state index contributed by atoms with van der Waals surface area (Å²) in [6.07, 6.45) is 1.83. The fourth-order valence-electron chi connectivity index (χ4n) is 3.40. The van der Waals surface area contributed by atoms with E-state index in [4.69, 9.17) is 4.74 Å². The lowest BCUT2D eigenvalue weighted by Gasteiger charge is -2.18. The highest BCUT2D eigenvalue weighted by atomic mass is 16.5. The van der Waals surface area contributed by atoms with Crippen LogP contribution in [0.3, 0.4) is 0 Å². The third-order valence-electron chi connectivity index (χ3n) is 5.29. The van der Waals surface area contributed by atoms with E-state index in [9.17, 15) is 19.5 Å². The number of rotatable bonds is 10. The Balaban J connectivity index is 1.62. The molecule has 0 fully saturated rings. The summed E-state index contributed by atoms with van der Waals surface area (Å²) in [4.78, 5) is 36.7. The fourth-order valence-corrected chi connectivity index (χ4v) is 3.40. The van der Waals surface area contributed by atoms with Crippen molar-refractivity contribution in [2.75, 3.05) is 6.61 Å². The van der Waals surface area contributed by atoms with Crippen LogP contribution in [-0.2, 0) is 11.3 Å². The number of carbonyl (C=O) groups excluding carboxylic acids is 2. The van der Waals surface area contributed by atoms with E-state index in [0.29, 0.717) is 29.1 Å². The summed E-state index contributed by atoms with van der Waals surface area (Å²) in [5.74, 6) is -1.37. The molecule has 0 unspecified atom stereocenters. The van der Waals surface area contributed by atoms with Crippen LogP contribution in [0.1, 0.15) is 45.8 Å². The molecule has 0 aliphatic rings. The second-order valence-electron chi connectivity index (χ2n) is 8.19. The molecular formula is C26H28N2O5. The van der Waals surface area contributed by atoms with Crippen LogP contribution in [0.4, 0.5) is 0 Å². The minimum Gasteiger partial charge on any atom is -0.492 e. The zero-order valence-electron chi connectivity index (χ0n) is 18.9. The van der Waals surface area contributed by atoms with Gasteiger partial charge in [-0.2, -0.15) is 0 Å². The first-order valence-corrected chi connectivity index (χ1v) is 10.8. The normalized spacial score (nSPS) is 11.8. The van der Waals surface area contributed by atoms with Crippen molar-refractivity contribution in [2.45, 2.75) is 33.4 Å². The third-order valence-corrected chi connectivity index (χ3v) is 5.29. The molecule has 2 aromatic carbocycles. The molecule has 7 heteroatoms. The number of aromatic nitrogens is 1. The first kappa shape index (κ1) is 23.8. The van der Waals surface area contributed by atoms with Crippen LogP contribution in [0.2, 0.25) is 0 Å². The Morgan fingerprint density at radius 1 is 1.00 bits per heavy atom. The maximum absolute atomic E-state index is 12.8. The SMILES string of the molecule is Cc1ccc(C(=O)c2cccn2CCOc2cccc(C(=O)N[C@H](C(=O)O)C(C)C)c2)cc1. The molecule has 172 valence electrons. The van der Waals surface area contributed by atoms with E-state index in [0.717, 1.165) is 5.56 Å². The van der Waals surface area contributed by atoms with Gasteiger partial charge in [-0.3, -0.25) is 9.59 Å². The minimum atomic E-state index is -1.08. The fraction of sp³-hybridized carbons (Fsp3) is 0.269. The summed E-state index contributed by atoms with van der Waals surface area (Å²) in [6.45, 7) is 6.18. The second-order valence-corrected chi connectivity index (χ2v) is 8.19. The van der Waals surface area contributed by atoms with E-state index < -0.39 is 17.9 Å². The number of amides is 1. The van der Waals surface area contributed by atoms with Crippen LogP contribution in [-0.4, -0.2) is 40.0 Å². The van der Waals surface area contributed by atoms with Gasteiger partial charge in [0.15, 0.2) is 0 Å². The van der Waals surface area contributed by atoms with Crippen molar-refractivity contribution in [3.63, 3.8) is 0 Å². The molecule has 0 radical (unpaired) electrons. The Morgan fingerprint density at radius 2 is 1.73 bits per heavy atom. The maximum atomic E-state index is 12.8. The molecule has 3 rings (SSSR count). The number of ether oxygens (including phenoxy) is 1. The standard InChI is InChI=1S/C26H28N2O5/c1-17(2)23(26(31)32)27-25(30)20-6-4-7-21(16-20)33-15-14-28-13-5-8-22(28)24(29)19-11-9-18(3)10-12-19/h4-13,16-17,23H,14-15H2,1-3H3,(H,27,30)(H,31,32)/t23-/m0/s1. The Hall–Kier alpha value is -3.87. The number of ketones is 1. The monoisotopic (exact) mass is 448 g/mol. The molecule has 33 heavy (non-hydrogen) atoms. The molecule has 2 N–H and O–H groups in total. The van der Waals surface area contributed by atoms with E-state index >= 15 is 0 Å². The lowest BCUT2D eigenvalue weighted by Crippen LogP contribution is -2.44. The van der Waals surface area contributed by atoms with Crippen LogP contribution >= 0.6 is 0 Å². The quantitative estimate of drug-likeness (QED) is 0.458. The molecule has 0 saturated carbocycles. The van der Waals surface area contributed by atoms with Gasteiger partial charge in [-0.15, -0.1) is 0 Å². The molecule has 3 aromatic rings. The van der Waals surface area contributed by atoms with Gasteiger partial charge in [0.25, 0.3) is 5.91 Å². The Kier molecular flexibility index (Phi) is 7.66. The van der Waals surface area contributed by atoms with E-state index in [2.05, 4.69) is 5.32 Å². The zero-order chi connectivity index (χ0) is 24.0. The number of hydrogen-bond acceptors (Lipinski definition) is 4. The smallest absolute Gasteiger partial charge is 0.326 e. The molecule has 0 saturated heterocycles. The molecule has 0 spiro atoms. The van der Waals surface area contributed by atoms with Gasteiger partial charge in [0.1, 0.15) is 18.4 Å². The highest BCUT2D eigenvalue weighted by Gasteiger charge is 2.24. The lowest BCUT2D eigenvalue weighted by molar-refractivity contribution is -0.140. The summed E-state index contributed by atoms with van der Waals surface area (Å²) in [6, 6.07) is 16.7. The minimum absolute atomic E-state index is 0.0585. The third kappa shape index (κ3) is 6.10. The molecule has 1 amide bonds. The van der Waals surface area contributed by atoms with Crippen molar-refractivity contribution in [1.82, 2.24) is 9.88 Å². The number of carbonyl (C=O) groups is 3. The highest BCUT2D eigenvalue weighted by molar-refractivity contribution is 6.08. The number of carboxylic acid groups (broad SMARTS) is 1. The van der Waals surface area contributed by atoms with Crippen molar-refractivity contribution >= 4 is 17.7 Å². The van der Waals surface area contributed by atoms with E-state index in [-0.39, 0.29) is 18.3 Å². The first-order chi connectivity index (χ1) is 15.8. The summed E-state index contributed by atoms with van der Waals surface area (Å²) < 4.78 is 7.63. The molecule has 7 nitrogen and oxygen atoms in total. The van der Waals surface area contributed by atoms with Crippen LogP contribution < -0.4 is 10.1 Å². The van der Waals surface area contributed by atoms with Crippen molar-refractivity contribution in [3.8, 4) is 5.75 Å². The zero-order valence-corrected chi connectivity index (χ0v) is 18.9. The summed E-state index contributed by atoms with van der Waals surface area (Å²) >= 11 is 0. The van der Waals surface area contributed by atoms with Gasteiger partial charge in [-0.25, -0.2) is 4.79 Å². The van der Waals surface area contributed by atoms with E-state index in [1.807, 2.05) is 48.0 Å².